The predicted octanol–water partition coefficient (Wildman–Crippen LogP) is 3.73. The molecule has 2 aromatic carbocycles. The van der Waals surface area contributed by atoms with E-state index in [4.69, 9.17) is 16.3 Å². The van der Waals surface area contributed by atoms with Crippen molar-refractivity contribution in [1.29, 1.82) is 0 Å². The fourth-order valence-corrected chi connectivity index (χ4v) is 3.66. The van der Waals surface area contributed by atoms with Crippen LogP contribution in [0, 0.1) is 0 Å². The molecule has 0 bridgehead atoms. The maximum absolute atomic E-state index is 12.0. The van der Waals surface area contributed by atoms with Gasteiger partial charge in [0.05, 0.1) is 5.75 Å². The van der Waals surface area contributed by atoms with Crippen molar-refractivity contribution in [2.75, 3.05) is 5.75 Å². The lowest BCUT2D eigenvalue weighted by Gasteiger charge is -2.08. The molecule has 0 radical (unpaired) electrons. The van der Waals surface area contributed by atoms with Gasteiger partial charge in [0.15, 0.2) is 12.4 Å². The first-order valence-electron chi connectivity index (χ1n) is 7.89. The van der Waals surface area contributed by atoms with E-state index in [2.05, 4.69) is 15.5 Å². The van der Waals surface area contributed by atoms with Crippen LogP contribution in [0.5, 0.6) is 0 Å². The van der Waals surface area contributed by atoms with Gasteiger partial charge in [0, 0.05) is 21.8 Å². The van der Waals surface area contributed by atoms with Crippen molar-refractivity contribution in [3.8, 4) is 0 Å². The van der Waals surface area contributed by atoms with E-state index in [1.165, 1.54) is 11.8 Å². The maximum Gasteiger partial charge on any atom is 0.316 e. The van der Waals surface area contributed by atoms with Crippen molar-refractivity contribution in [2.24, 2.45) is 0 Å². The van der Waals surface area contributed by atoms with Crippen LogP contribution in [-0.4, -0.2) is 31.9 Å². The Morgan fingerprint density at radius 1 is 1.28 bits per heavy atom. The number of esters is 1. The smallest absolute Gasteiger partial charge is 0.316 e. The quantitative estimate of drug-likeness (QED) is 0.462. The molecular weight excluding hydrogens is 360 g/mol. The Morgan fingerprint density at radius 2 is 2.08 bits per heavy atom. The number of halogens is 1. The van der Waals surface area contributed by atoms with Crippen LogP contribution in [0.4, 0.5) is 0 Å². The van der Waals surface area contributed by atoms with Gasteiger partial charge in [-0.15, -0.1) is 16.9 Å². The lowest BCUT2D eigenvalue weighted by molar-refractivity contribution is -0.142. The highest BCUT2D eigenvalue weighted by Gasteiger charge is 2.12. The lowest BCUT2D eigenvalue weighted by Crippen LogP contribution is -2.12. The minimum absolute atomic E-state index is 0.0721. The van der Waals surface area contributed by atoms with Gasteiger partial charge in [0.2, 0.25) is 0 Å². The average molecular weight is 377 g/mol. The Kier molecular flexibility index (Phi) is 5.88. The number of benzene rings is 2. The number of nitrogens with zero attached hydrogens (tertiary/aromatic N) is 4. The molecule has 3 rings (SSSR count). The summed E-state index contributed by atoms with van der Waals surface area (Å²) in [5.74, 6) is 0.424. The molecule has 0 amide bonds. The molecule has 0 aliphatic carbocycles. The first kappa shape index (κ1) is 17.7. The Bertz CT molecular complexity index is 879. The molecule has 25 heavy (non-hydrogen) atoms. The number of fused-ring (bicyclic) bond motifs is 1. The highest BCUT2D eigenvalue weighted by molar-refractivity contribution is 8.00. The molecule has 0 atom stereocenters. The number of hydrogen-bond donors (Lipinski definition) is 0. The van der Waals surface area contributed by atoms with Crippen LogP contribution in [0.15, 0.2) is 41.3 Å². The molecule has 8 heteroatoms. The first-order chi connectivity index (χ1) is 12.2. The molecule has 0 saturated carbocycles. The summed E-state index contributed by atoms with van der Waals surface area (Å²) in [5, 5.41) is 14.0. The molecule has 0 fully saturated rings. The maximum atomic E-state index is 12.0. The average Bonchev–Trinajstić information content (AvgIpc) is 3.06. The fraction of sp³-hybridized carbons (Fsp3) is 0.294. The van der Waals surface area contributed by atoms with Gasteiger partial charge >= 0.3 is 5.97 Å². The zero-order valence-electron chi connectivity index (χ0n) is 13.7. The number of aryl methyl sites for hydroxylation is 1. The van der Waals surface area contributed by atoms with Crippen LogP contribution in [0.3, 0.4) is 0 Å². The molecule has 1 heterocycles. The molecular formula is C17H17ClN4O2S. The monoisotopic (exact) mass is 376 g/mol. The van der Waals surface area contributed by atoms with Crippen molar-refractivity contribution in [3.63, 3.8) is 0 Å². The number of rotatable bonds is 7. The molecule has 0 N–H and O–H groups in total. The number of tetrazole rings is 1. The van der Waals surface area contributed by atoms with E-state index in [1.807, 2.05) is 43.3 Å². The Labute approximate surface area is 154 Å². The summed E-state index contributed by atoms with van der Waals surface area (Å²) in [5.41, 5.74) is 0. The summed E-state index contributed by atoms with van der Waals surface area (Å²) in [6.07, 6.45) is 0.906. The molecule has 130 valence electrons. The summed E-state index contributed by atoms with van der Waals surface area (Å²) >= 11 is 7.71. The third-order valence-electron chi connectivity index (χ3n) is 3.56. The SMILES string of the molecule is CCCn1nnnc1COC(=O)CSc1cccc2cccc(Cl)c12. The normalized spacial score (nSPS) is 11.0. The minimum atomic E-state index is -0.319. The van der Waals surface area contributed by atoms with E-state index in [1.54, 1.807) is 4.68 Å². The van der Waals surface area contributed by atoms with Gasteiger partial charge in [0.25, 0.3) is 0 Å². The van der Waals surface area contributed by atoms with E-state index < -0.39 is 0 Å². The topological polar surface area (TPSA) is 69.9 Å². The van der Waals surface area contributed by atoms with E-state index in [9.17, 15) is 4.79 Å². The van der Waals surface area contributed by atoms with Gasteiger partial charge in [-0.1, -0.05) is 42.8 Å². The van der Waals surface area contributed by atoms with Crippen LogP contribution in [0.2, 0.25) is 5.02 Å². The number of aromatic nitrogens is 4. The second-order valence-corrected chi connectivity index (χ2v) is 6.79. The van der Waals surface area contributed by atoms with Gasteiger partial charge < -0.3 is 4.74 Å². The number of thioether (sulfide) groups is 1. The highest BCUT2D eigenvalue weighted by Crippen LogP contribution is 2.33. The largest absolute Gasteiger partial charge is 0.457 e. The zero-order chi connectivity index (χ0) is 17.6. The summed E-state index contributed by atoms with van der Waals surface area (Å²) in [7, 11) is 0. The van der Waals surface area contributed by atoms with E-state index in [0.29, 0.717) is 17.4 Å². The molecule has 0 aliphatic heterocycles. The van der Waals surface area contributed by atoms with Crippen molar-refractivity contribution < 1.29 is 9.53 Å². The van der Waals surface area contributed by atoms with Crippen molar-refractivity contribution in [3.05, 3.63) is 47.2 Å². The molecule has 0 aliphatic rings. The lowest BCUT2D eigenvalue weighted by atomic mass is 10.1. The number of carbonyl (C=O) groups is 1. The second-order valence-electron chi connectivity index (χ2n) is 5.36. The summed E-state index contributed by atoms with van der Waals surface area (Å²) in [6.45, 7) is 2.80. The Balaban J connectivity index is 1.60. The second kappa shape index (κ2) is 8.31. The molecule has 3 aromatic rings. The van der Waals surface area contributed by atoms with Crippen molar-refractivity contribution >= 4 is 40.1 Å². The first-order valence-corrected chi connectivity index (χ1v) is 9.26. The standard InChI is InChI=1S/C17H17ClN4O2S/c1-2-9-22-15(19-20-21-22)10-24-16(23)11-25-14-8-4-6-12-5-3-7-13(18)17(12)14/h3-8H,2,9-11H2,1H3. The van der Waals surface area contributed by atoms with Gasteiger partial charge in [-0.25, -0.2) is 4.68 Å². The van der Waals surface area contributed by atoms with E-state index in [0.717, 1.165) is 22.1 Å². The third-order valence-corrected chi connectivity index (χ3v) is 4.91. The van der Waals surface area contributed by atoms with Crippen molar-refractivity contribution in [2.45, 2.75) is 31.4 Å². The summed E-state index contributed by atoms with van der Waals surface area (Å²) in [4.78, 5) is 13.0. The van der Waals surface area contributed by atoms with Crippen LogP contribution >= 0.6 is 23.4 Å². The number of carbonyl (C=O) groups excluding carboxylic acids is 1. The Morgan fingerprint density at radius 3 is 2.88 bits per heavy atom. The fourth-order valence-electron chi connectivity index (χ4n) is 2.42. The van der Waals surface area contributed by atoms with Gasteiger partial charge in [-0.2, -0.15) is 0 Å². The summed E-state index contributed by atoms with van der Waals surface area (Å²) in [6, 6.07) is 11.7. The molecule has 0 saturated heterocycles. The predicted molar refractivity (Wildman–Crippen MR) is 97.6 cm³/mol. The van der Waals surface area contributed by atoms with Crippen molar-refractivity contribution in [1.82, 2.24) is 20.2 Å². The zero-order valence-corrected chi connectivity index (χ0v) is 15.3. The molecule has 1 aromatic heterocycles. The molecule has 0 spiro atoms. The molecule has 0 unspecified atom stereocenters. The van der Waals surface area contributed by atoms with Crippen LogP contribution in [-0.2, 0) is 22.7 Å². The molecule has 6 nitrogen and oxygen atoms in total. The van der Waals surface area contributed by atoms with Crippen LogP contribution in [0.1, 0.15) is 19.2 Å². The van der Waals surface area contributed by atoms with Crippen LogP contribution in [0.25, 0.3) is 10.8 Å². The van der Waals surface area contributed by atoms with E-state index in [-0.39, 0.29) is 18.3 Å². The minimum Gasteiger partial charge on any atom is -0.457 e. The number of ether oxygens (including phenoxy) is 1. The highest BCUT2D eigenvalue weighted by atomic mass is 35.5. The van der Waals surface area contributed by atoms with Gasteiger partial charge in [-0.05, 0) is 34.4 Å². The number of hydrogen-bond acceptors (Lipinski definition) is 6. The summed E-state index contributed by atoms with van der Waals surface area (Å²) < 4.78 is 6.93. The third kappa shape index (κ3) is 4.29. The Hall–Kier alpha value is -2.12. The van der Waals surface area contributed by atoms with Gasteiger partial charge in [-0.3, -0.25) is 4.79 Å². The van der Waals surface area contributed by atoms with Crippen LogP contribution < -0.4 is 0 Å². The van der Waals surface area contributed by atoms with E-state index >= 15 is 0 Å². The van der Waals surface area contributed by atoms with Gasteiger partial charge in [0.1, 0.15) is 0 Å².